The number of alkyl carbamates (subject to hydrolysis) is 1. The second-order valence-corrected chi connectivity index (χ2v) is 7.59. The number of fused-ring (bicyclic) bond motifs is 1. The van der Waals surface area contributed by atoms with Crippen LogP contribution in [0.3, 0.4) is 0 Å². The van der Waals surface area contributed by atoms with Gasteiger partial charge in [0.1, 0.15) is 11.5 Å². The van der Waals surface area contributed by atoms with E-state index in [4.69, 9.17) is 9.47 Å². The minimum Gasteiger partial charge on any atom is -0.465 e. The van der Waals surface area contributed by atoms with Crippen LogP contribution in [0.5, 0.6) is 0 Å². The van der Waals surface area contributed by atoms with Gasteiger partial charge in [-0.05, 0) is 64.8 Å². The lowest BCUT2D eigenvalue weighted by Crippen LogP contribution is -2.45. The fourth-order valence-electron chi connectivity index (χ4n) is 3.03. The molecule has 0 fully saturated rings. The molecule has 0 radical (unpaired) electrons. The molecule has 1 atom stereocenters. The van der Waals surface area contributed by atoms with Gasteiger partial charge >= 0.3 is 12.1 Å². The number of anilines is 1. The molecule has 2 rings (SSSR count). The van der Waals surface area contributed by atoms with Crippen LogP contribution in [0.15, 0.2) is 18.2 Å². The molecular weight excluding hydrogens is 372 g/mol. The van der Waals surface area contributed by atoms with Crippen molar-refractivity contribution in [1.82, 2.24) is 5.32 Å². The Morgan fingerprint density at radius 2 is 2.00 bits per heavy atom. The van der Waals surface area contributed by atoms with Crippen molar-refractivity contribution in [3.05, 3.63) is 29.3 Å². The summed E-state index contributed by atoms with van der Waals surface area (Å²) in [5.74, 6) is 4.29. The molecular formula is C22H28N2O5. The van der Waals surface area contributed by atoms with E-state index in [2.05, 4.69) is 17.2 Å². The molecule has 1 aliphatic rings. The first-order valence-corrected chi connectivity index (χ1v) is 9.73. The molecule has 29 heavy (non-hydrogen) atoms. The van der Waals surface area contributed by atoms with Gasteiger partial charge in [0.15, 0.2) is 0 Å². The summed E-state index contributed by atoms with van der Waals surface area (Å²) in [5.41, 5.74) is 1.84. The average molecular weight is 400 g/mol. The van der Waals surface area contributed by atoms with Crippen molar-refractivity contribution in [3.63, 3.8) is 0 Å². The highest BCUT2D eigenvalue weighted by molar-refractivity contribution is 6.08. The highest BCUT2D eigenvalue weighted by atomic mass is 16.6. The molecule has 1 N–H and O–H groups in total. The van der Waals surface area contributed by atoms with Crippen molar-refractivity contribution in [2.24, 2.45) is 5.92 Å². The van der Waals surface area contributed by atoms with Gasteiger partial charge in [0.05, 0.1) is 13.2 Å². The Balaban J connectivity index is 2.12. The largest absolute Gasteiger partial charge is 0.465 e. The van der Waals surface area contributed by atoms with E-state index < -0.39 is 23.6 Å². The smallest absolute Gasteiger partial charge is 0.408 e. The maximum Gasteiger partial charge on any atom is 0.408 e. The summed E-state index contributed by atoms with van der Waals surface area (Å²) in [6, 6.07) is 5.53. The molecule has 1 heterocycles. The van der Waals surface area contributed by atoms with Crippen LogP contribution in [0, 0.1) is 17.8 Å². The second kappa shape index (κ2) is 9.46. The quantitative estimate of drug-likeness (QED) is 0.477. The standard InChI is InChI=1S/C22H28N2O5/c1-6-24-18-11-10-15(9-8-12-23-21(27)29-22(3,4)5)13-16(18)14-17(19(24)25)20(26)28-7-2/h10-11,13,17H,6-7,12,14H2,1-5H3,(H,23,27). The van der Waals surface area contributed by atoms with Gasteiger partial charge in [0.2, 0.25) is 5.91 Å². The fourth-order valence-corrected chi connectivity index (χ4v) is 3.03. The molecule has 0 spiro atoms. The number of amides is 2. The Bertz CT molecular complexity index is 845. The first kappa shape index (κ1) is 22.3. The Morgan fingerprint density at radius 1 is 1.28 bits per heavy atom. The van der Waals surface area contributed by atoms with Crippen molar-refractivity contribution in [2.75, 3.05) is 24.6 Å². The van der Waals surface area contributed by atoms with E-state index in [1.165, 1.54) is 0 Å². The molecule has 0 bridgehead atoms. The lowest BCUT2D eigenvalue weighted by molar-refractivity contribution is -0.151. The summed E-state index contributed by atoms with van der Waals surface area (Å²) in [7, 11) is 0. The molecule has 0 saturated carbocycles. The molecule has 1 aromatic rings. The maximum absolute atomic E-state index is 12.6. The lowest BCUT2D eigenvalue weighted by Gasteiger charge is -2.32. The van der Waals surface area contributed by atoms with Crippen molar-refractivity contribution in [3.8, 4) is 11.8 Å². The highest BCUT2D eigenvalue weighted by Crippen LogP contribution is 2.31. The van der Waals surface area contributed by atoms with E-state index in [0.717, 1.165) is 16.8 Å². The van der Waals surface area contributed by atoms with Gasteiger partial charge in [-0.3, -0.25) is 9.59 Å². The number of ether oxygens (including phenoxy) is 2. The maximum atomic E-state index is 12.6. The number of nitrogens with one attached hydrogen (secondary N) is 1. The predicted octanol–water partition coefficient (Wildman–Crippen LogP) is 2.65. The average Bonchev–Trinajstić information content (AvgIpc) is 2.63. The second-order valence-electron chi connectivity index (χ2n) is 7.59. The van der Waals surface area contributed by atoms with Gasteiger partial charge in [-0.25, -0.2) is 4.79 Å². The Morgan fingerprint density at radius 3 is 2.62 bits per heavy atom. The zero-order chi connectivity index (χ0) is 21.6. The normalized spacial score (nSPS) is 15.7. The van der Waals surface area contributed by atoms with Crippen LogP contribution >= 0.6 is 0 Å². The third-order valence-corrected chi connectivity index (χ3v) is 4.20. The summed E-state index contributed by atoms with van der Waals surface area (Å²) in [6.45, 7) is 9.81. The lowest BCUT2D eigenvalue weighted by atomic mass is 9.90. The summed E-state index contributed by atoms with van der Waals surface area (Å²) < 4.78 is 10.2. The summed E-state index contributed by atoms with van der Waals surface area (Å²) >= 11 is 0. The molecule has 156 valence electrons. The Labute approximate surface area is 171 Å². The summed E-state index contributed by atoms with van der Waals surface area (Å²) in [4.78, 5) is 38.1. The molecule has 0 aliphatic carbocycles. The Hall–Kier alpha value is -3.01. The Kier molecular flexibility index (Phi) is 7.27. The monoisotopic (exact) mass is 400 g/mol. The molecule has 7 heteroatoms. The number of benzene rings is 1. The fraction of sp³-hybridized carbons (Fsp3) is 0.500. The number of carbonyl (C=O) groups excluding carboxylic acids is 3. The third-order valence-electron chi connectivity index (χ3n) is 4.20. The molecule has 1 aliphatic heterocycles. The topological polar surface area (TPSA) is 84.9 Å². The SMILES string of the molecule is CCOC(=O)C1Cc2cc(C#CCNC(=O)OC(C)(C)C)ccc2N(CC)C1=O. The zero-order valence-corrected chi connectivity index (χ0v) is 17.6. The third kappa shape index (κ3) is 5.98. The van der Waals surface area contributed by atoms with Crippen molar-refractivity contribution in [1.29, 1.82) is 0 Å². The van der Waals surface area contributed by atoms with Crippen molar-refractivity contribution >= 4 is 23.7 Å². The number of hydrogen-bond acceptors (Lipinski definition) is 5. The van der Waals surface area contributed by atoms with Crippen LogP contribution in [0.4, 0.5) is 10.5 Å². The van der Waals surface area contributed by atoms with Gasteiger partial charge in [0.25, 0.3) is 0 Å². The van der Waals surface area contributed by atoms with E-state index in [-0.39, 0.29) is 25.5 Å². The molecule has 1 unspecified atom stereocenters. The first-order chi connectivity index (χ1) is 13.7. The van der Waals surface area contributed by atoms with Crippen LogP contribution in [-0.2, 0) is 25.5 Å². The van der Waals surface area contributed by atoms with Crippen LogP contribution < -0.4 is 10.2 Å². The van der Waals surface area contributed by atoms with E-state index in [0.29, 0.717) is 6.54 Å². The van der Waals surface area contributed by atoms with Gasteiger partial charge in [-0.15, -0.1) is 0 Å². The molecule has 7 nitrogen and oxygen atoms in total. The van der Waals surface area contributed by atoms with E-state index >= 15 is 0 Å². The summed E-state index contributed by atoms with van der Waals surface area (Å²) in [6.07, 6.45) is -0.235. The minimum atomic E-state index is -0.834. The van der Waals surface area contributed by atoms with Crippen LogP contribution in [0.25, 0.3) is 0 Å². The molecule has 0 aromatic heterocycles. The number of nitrogens with zero attached hydrogens (tertiary/aromatic N) is 1. The molecule has 1 aromatic carbocycles. The van der Waals surface area contributed by atoms with Gasteiger partial charge in [-0.2, -0.15) is 0 Å². The molecule has 2 amide bonds. The van der Waals surface area contributed by atoms with Crippen LogP contribution in [-0.4, -0.2) is 43.3 Å². The van der Waals surface area contributed by atoms with E-state index in [9.17, 15) is 14.4 Å². The van der Waals surface area contributed by atoms with Crippen LogP contribution in [0.2, 0.25) is 0 Å². The van der Waals surface area contributed by atoms with Crippen molar-refractivity contribution < 1.29 is 23.9 Å². The van der Waals surface area contributed by atoms with Gasteiger partial charge in [-0.1, -0.05) is 11.8 Å². The number of esters is 1. The summed E-state index contributed by atoms with van der Waals surface area (Å²) in [5, 5.41) is 2.58. The number of carbonyl (C=O) groups is 3. The van der Waals surface area contributed by atoms with Crippen LogP contribution in [0.1, 0.15) is 45.7 Å². The minimum absolute atomic E-state index is 0.150. The van der Waals surface area contributed by atoms with Gasteiger partial charge < -0.3 is 19.7 Å². The van der Waals surface area contributed by atoms with Gasteiger partial charge in [0, 0.05) is 17.8 Å². The zero-order valence-electron chi connectivity index (χ0n) is 17.6. The molecule has 0 saturated heterocycles. The highest BCUT2D eigenvalue weighted by Gasteiger charge is 2.37. The predicted molar refractivity (Wildman–Crippen MR) is 109 cm³/mol. The number of hydrogen-bond donors (Lipinski definition) is 1. The van der Waals surface area contributed by atoms with E-state index in [1.807, 2.05) is 25.1 Å². The van der Waals surface area contributed by atoms with Crippen molar-refractivity contribution in [2.45, 2.75) is 46.6 Å². The first-order valence-electron chi connectivity index (χ1n) is 9.73. The van der Waals surface area contributed by atoms with E-state index in [1.54, 1.807) is 32.6 Å². The number of rotatable bonds is 4.